The molecule has 0 bridgehead atoms. The summed E-state index contributed by atoms with van der Waals surface area (Å²) in [6.45, 7) is 6.33. The van der Waals surface area contributed by atoms with Crippen LogP contribution >= 0.6 is 0 Å². The summed E-state index contributed by atoms with van der Waals surface area (Å²) < 4.78 is 5.79. The Morgan fingerprint density at radius 3 is 2.72 bits per heavy atom. The largest absolute Gasteiger partial charge is 0.492 e. The lowest BCUT2D eigenvalue weighted by atomic mass is 10.1. The van der Waals surface area contributed by atoms with Crippen molar-refractivity contribution in [1.82, 2.24) is 15.3 Å². The average Bonchev–Trinajstić information content (AvgIpc) is 2.85. The summed E-state index contributed by atoms with van der Waals surface area (Å²) in [6.07, 6.45) is 3.58. The smallest absolute Gasteiger partial charge is 0.125 e. The van der Waals surface area contributed by atoms with Gasteiger partial charge in [-0.2, -0.15) is 0 Å². The van der Waals surface area contributed by atoms with E-state index in [9.17, 15) is 0 Å². The normalized spacial score (nSPS) is 10.6. The van der Waals surface area contributed by atoms with E-state index in [-0.39, 0.29) is 0 Å². The maximum absolute atomic E-state index is 5.79. The summed E-state index contributed by atoms with van der Waals surface area (Å²) in [5.41, 5.74) is 2.36. The molecule has 0 fully saturated rings. The molecule has 4 nitrogen and oxygen atoms in total. The first-order valence-corrected chi connectivity index (χ1v) is 6.15. The highest BCUT2D eigenvalue weighted by Crippen LogP contribution is 2.21. The number of hydrogen-bond donors (Lipinski definition) is 2. The third-order valence-corrected chi connectivity index (χ3v) is 2.78. The van der Waals surface area contributed by atoms with Gasteiger partial charge in [-0.3, -0.25) is 0 Å². The predicted molar refractivity (Wildman–Crippen MR) is 71.7 cm³/mol. The molecule has 18 heavy (non-hydrogen) atoms. The number of aromatic amines is 1. The van der Waals surface area contributed by atoms with E-state index < -0.39 is 0 Å². The number of para-hydroxylation sites is 1. The van der Waals surface area contributed by atoms with Crippen molar-refractivity contribution < 1.29 is 4.74 Å². The summed E-state index contributed by atoms with van der Waals surface area (Å²) in [7, 11) is 0. The minimum absolute atomic E-state index is 0.659. The van der Waals surface area contributed by atoms with Gasteiger partial charge in [0.05, 0.1) is 6.54 Å². The van der Waals surface area contributed by atoms with Crippen molar-refractivity contribution in [3.05, 3.63) is 47.5 Å². The number of aryl methyl sites for hydroxylation is 2. The molecular formula is C14H19N3O. The Bertz CT molecular complexity index is 460. The highest BCUT2D eigenvalue weighted by atomic mass is 16.5. The van der Waals surface area contributed by atoms with Crippen LogP contribution in [0, 0.1) is 13.8 Å². The number of imidazole rings is 1. The first-order valence-electron chi connectivity index (χ1n) is 6.15. The molecule has 0 radical (unpaired) electrons. The minimum atomic E-state index is 0.659. The lowest BCUT2D eigenvalue weighted by molar-refractivity contribution is 0.309. The van der Waals surface area contributed by atoms with Gasteiger partial charge < -0.3 is 15.0 Å². The maximum Gasteiger partial charge on any atom is 0.125 e. The van der Waals surface area contributed by atoms with Crippen LogP contribution in [0.25, 0.3) is 0 Å². The van der Waals surface area contributed by atoms with Crippen molar-refractivity contribution in [2.24, 2.45) is 0 Å². The first kappa shape index (κ1) is 12.6. The Balaban J connectivity index is 1.72. The van der Waals surface area contributed by atoms with Gasteiger partial charge in [0.2, 0.25) is 0 Å². The second-order valence-electron chi connectivity index (χ2n) is 4.28. The van der Waals surface area contributed by atoms with Gasteiger partial charge in [-0.25, -0.2) is 4.98 Å². The van der Waals surface area contributed by atoms with Crippen LogP contribution in [0.2, 0.25) is 0 Å². The summed E-state index contributed by atoms with van der Waals surface area (Å²) in [4.78, 5) is 7.19. The van der Waals surface area contributed by atoms with Crippen LogP contribution in [0.1, 0.15) is 17.0 Å². The molecule has 2 aromatic rings. The molecule has 0 spiro atoms. The van der Waals surface area contributed by atoms with E-state index in [1.807, 2.05) is 12.3 Å². The van der Waals surface area contributed by atoms with E-state index in [4.69, 9.17) is 4.74 Å². The highest BCUT2D eigenvalue weighted by Gasteiger charge is 2.02. The molecule has 2 rings (SSSR count). The summed E-state index contributed by atoms with van der Waals surface area (Å²) in [5, 5.41) is 3.28. The predicted octanol–water partition coefficient (Wildman–Crippen LogP) is 2.20. The number of aromatic nitrogens is 2. The highest BCUT2D eigenvalue weighted by molar-refractivity contribution is 5.39. The standard InChI is InChI=1S/C14H19N3O/c1-11-4-3-5-12(2)14(11)18-9-8-15-10-13-16-6-7-17-13/h3-7,15H,8-10H2,1-2H3,(H,16,17). The lowest BCUT2D eigenvalue weighted by Gasteiger charge is -2.12. The Morgan fingerprint density at radius 1 is 1.28 bits per heavy atom. The molecule has 0 aliphatic rings. The molecule has 1 aromatic heterocycles. The zero-order valence-electron chi connectivity index (χ0n) is 10.9. The fraction of sp³-hybridized carbons (Fsp3) is 0.357. The molecule has 2 N–H and O–H groups in total. The number of H-pyrrole nitrogens is 1. The number of benzene rings is 1. The van der Waals surface area contributed by atoms with E-state index in [0.29, 0.717) is 6.61 Å². The second kappa shape index (κ2) is 6.21. The summed E-state index contributed by atoms with van der Waals surface area (Å²) in [6, 6.07) is 6.18. The average molecular weight is 245 g/mol. The third kappa shape index (κ3) is 3.34. The van der Waals surface area contributed by atoms with Crippen LogP contribution in [-0.4, -0.2) is 23.1 Å². The zero-order valence-corrected chi connectivity index (χ0v) is 10.9. The van der Waals surface area contributed by atoms with Gasteiger partial charge in [0, 0.05) is 18.9 Å². The molecule has 1 heterocycles. The number of ether oxygens (including phenoxy) is 1. The molecule has 0 amide bonds. The quantitative estimate of drug-likeness (QED) is 0.767. The van der Waals surface area contributed by atoms with Gasteiger partial charge >= 0.3 is 0 Å². The van der Waals surface area contributed by atoms with Crippen LogP contribution in [0.15, 0.2) is 30.6 Å². The van der Waals surface area contributed by atoms with E-state index in [1.165, 1.54) is 11.1 Å². The number of rotatable bonds is 6. The van der Waals surface area contributed by atoms with Crippen molar-refractivity contribution in [3.63, 3.8) is 0 Å². The second-order valence-corrected chi connectivity index (χ2v) is 4.28. The lowest BCUT2D eigenvalue weighted by Crippen LogP contribution is -2.21. The van der Waals surface area contributed by atoms with Crippen molar-refractivity contribution >= 4 is 0 Å². The van der Waals surface area contributed by atoms with E-state index in [2.05, 4.69) is 41.3 Å². The fourth-order valence-electron chi connectivity index (χ4n) is 1.85. The topological polar surface area (TPSA) is 49.9 Å². The van der Waals surface area contributed by atoms with Gasteiger partial charge in [-0.05, 0) is 25.0 Å². The molecular weight excluding hydrogens is 226 g/mol. The molecule has 0 saturated heterocycles. The van der Waals surface area contributed by atoms with Gasteiger partial charge in [0.15, 0.2) is 0 Å². The maximum atomic E-state index is 5.79. The Morgan fingerprint density at radius 2 is 2.06 bits per heavy atom. The number of hydrogen-bond acceptors (Lipinski definition) is 3. The van der Waals surface area contributed by atoms with Crippen molar-refractivity contribution in [3.8, 4) is 5.75 Å². The van der Waals surface area contributed by atoms with E-state index >= 15 is 0 Å². The van der Waals surface area contributed by atoms with E-state index in [1.54, 1.807) is 6.20 Å². The van der Waals surface area contributed by atoms with Gasteiger partial charge in [0.1, 0.15) is 18.2 Å². The molecule has 1 aromatic carbocycles. The Labute approximate surface area is 107 Å². The molecule has 96 valence electrons. The number of nitrogens with one attached hydrogen (secondary N) is 2. The SMILES string of the molecule is Cc1cccc(C)c1OCCNCc1ncc[nH]1. The Kier molecular flexibility index (Phi) is 4.36. The molecule has 0 aliphatic heterocycles. The number of nitrogens with zero attached hydrogens (tertiary/aromatic N) is 1. The van der Waals surface area contributed by atoms with Crippen molar-refractivity contribution in [1.29, 1.82) is 0 Å². The van der Waals surface area contributed by atoms with Crippen LogP contribution < -0.4 is 10.1 Å². The molecule has 0 unspecified atom stereocenters. The van der Waals surface area contributed by atoms with Crippen LogP contribution in [0.3, 0.4) is 0 Å². The molecule has 0 atom stereocenters. The van der Waals surface area contributed by atoms with Gasteiger partial charge in [0.25, 0.3) is 0 Å². The molecule has 0 aliphatic carbocycles. The molecule has 0 saturated carbocycles. The molecule has 4 heteroatoms. The minimum Gasteiger partial charge on any atom is -0.492 e. The monoisotopic (exact) mass is 245 g/mol. The zero-order chi connectivity index (χ0) is 12.8. The Hall–Kier alpha value is -1.81. The summed E-state index contributed by atoms with van der Waals surface area (Å²) in [5.74, 6) is 1.94. The van der Waals surface area contributed by atoms with Gasteiger partial charge in [-0.15, -0.1) is 0 Å². The summed E-state index contributed by atoms with van der Waals surface area (Å²) >= 11 is 0. The van der Waals surface area contributed by atoms with Crippen LogP contribution in [0.4, 0.5) is 0 Å². The fourth-order valence-corrected chi connectivity index (χ4v) is 1.85. The van der Waals surface area contributed by atoms with Crippen molar-refractivity contribution in [2.45, 2.75) is 20.4 Å². The van der Waals surface area contributed by atoms with Crippen molar-refractivity contribution in [2.75, 3.05) is 13.2 Å². The van der Waals surface area contributed by atoms with Crippen LogP contribution in [0.5, 0.6) is 5.75 Å². The third-order valence-electron chi connectivity index (χ3n) is 2.78. The first-order chi connectivity index (χ1) is 8.77. The van der Waals surface area contributed by atoms with Gasteiger partial charge in [-0.1, -0.05) is 18.2 Å². The van der Waals surface area contributed by atoms with Crippen LogP contribution in [-0.2, 0) is 6.54 Å². The van der Waals surface area contributed by atoms with E-state index in [0.717, 1.165) is 24.7 Å².